The molecule has 2 N–H and O–H groups in total. The standard InChI is InChI=1S/C28H33ClFN7O3S2/c1-15(2)36-9-7-17(8-10-36)31-26(39)25-32-23-22(28(40)35(4)11-12-38)18(30)13-16(3)24(23)37(25)14-21-33-34-27(42-21)19-5-6-20(29)41-19/h5-6,13,15,17,38H,7-12,14H2,1-4H3,(H,31,39). The second-order valence-electron chi connectivity index (χ2n) is 10.7. The molecule has 0 spiro atoms. The molecule has 1 aliphatic heterocycles. The maximum absolute atomic E-state index is 15.4. The first-order valence-electron chi connectivity index (χ1n) is 13.8. The van der Waals surface area contributed by atoms with Gasteiger partial charge in [0.05, 0.1) is 27.9 Å². The van der Waals surface area contributed by atoms with E-state index in [1.807, 2.05) is 6.07 Å². The van der Waals surface area contributed by atoms with E-state index in [-0.39, 0.29) is 42.6 Å². The molecule has 10 nitrogen and oxygen atoms in total. The van der Waals surface area contributed by atoms with Gasteiger partial charge in [-0.1, -0.05) is 22.9 Å². The van der Waals surface area contributed by atoms with Crippen molar-refractivity contribution in [1.82, 2.24) is 34.9 Å². The summed E-state index contributed by atoms with van der Waals surface area (Å²) < 4.78 is 17.7. The van der Waals surface area contributed by atoms with Gasteiger partial charge in [-0.15, -0.1) is 21.5 Å². The first-order chi connectivity index (χ1) is 20.1. The summed E-state index contributed by atoms with van der Waals surface area (Å²) in [6.07, 6.45) is 1.60. The molecular weight excluding hydrogens is 601 g/mol. The predicted octanol–water partition coefficient (Wildman–Crippen LogP) is 4.43. The Morgan fingerprint density at radius 1 is 1.24 bits per heavy atom. The molecule has 1 aromatic carbocycles. The molecule has 42 heavy (non-hydrogen) atoms. The van der Waals surface area contributed by atoms with Gasteiger partial charge in [0.1, 0.15) is 21.9 Å². The number of benzene rings is 1. The van der Waals surface area contributed by atoms with Crippen LogP contribution in [0.3, 0.4) is 0 Å². The van der Waals surface area contributed by atoms with Gasteiger partial charge >= 0.3 is 0 Å². The lowest BCUT2D eigenvalue weighted by molar-refractivity contribution is 0.0763. The number of piperidine rings is 1. The lowest BCUT2D eigenvalue weighted by Crippen LogP contribution is -2.47. The second kappa shape index (κ2) is 12.7. The summed E-state index contributed by atoms with van der Waals surface area (Å²) in [6, 6.07) is 5.35. The van der Waals surface area contributed by atoms with Gasteiger partial charge < -0.3 is 24.8 Å². The number of nitrogens with one attached hydrogen (secondary N) is 1. The van der Waals surface area contributed by atoms with E-state index in [1.54, 1.807) is 17.6 Å². The molecule has 224 valence electrons. The third kappa shape index (κ3) is 6.20. The Balaban J connectivity index is 1.55. The van der Waals surface area contributed by atoms with Crippen molar-refractivity contribution < 1.29 is 19.1 Å². The van der Waals surface area contributed by atoms with E-state index in [4.69, 9.17) is 11.6 Å². The number of imidazole rings is 1. The van der Waals surface area contributed by atoms with E-state index in [9.17, 15) is 14.7 Å². The number of aliphatic hydroxyl groups is 1. The van der Waals surface area contributed by atoms with Crippen molar-refractivity contribution in [3.05, 3.63) is 50.3 Å². The van der Waals surface area contributed by atoms with E-state index >= 15 is 4.39 Å². The topological polar surface area (TPSA) is 116 Å². The summed E-state index contributed by atoms with van der Waals surface area (Å²) in [4.78, 5) is 36.1. The minimum atomic E-state index is -0.736. The molecule has 1 fully saturated rings. The number of carbonyl (C=O) groups excluding carboxylic acids is 2. The summed E-state index contributed by atoms with van der Waals surface area (Å²) in [6.45, 7) is 7.69. The Bertz CT molecular complexity index is 1610. The summed E-state index contributed by atoms with van der Waals surface area (Å²) in [7, 11) is 1.48. The van der Waals surface area contributed by atoms with Crippen molar-refractivity contribution in [2.24, 2.45) is 0 Å². The number of nitrogens with zero attached hydrogens (tertiary/aromatic N) is 6. The smallest absolute Gasteiger partial charge is 0.287 e. The fraction of sp³-hybridized carbons (Fsp3) is 0.464. The van der Waals surface area contributed by atoms with Crippen LogP contribution < -0.4 is 5.32 Å². The van der Waals surface area contributed by atoms with Crippen LogP contribution in [0.5, 0.6) is 0 Å². The molecule has 0 saturated carbocycles. The van der Waals surface area contributed by atoms with Crippen LogP contribution in [-0.4, -0.2) is 91.8 Å². The zero-order valence-electron chi connectivity index (χ0n) is 23.9. The number of hydrogen-bond acceptors (Lipinski definition) is 9. The zero-order valence-corrected chi connectivity index (χ0v) is 26.2. The molecular formula is C28H33ClFN7O3S2. The van der Waals surface area contributed by atoms with Gasteiger partial charge in [0, 0.05) is 38.8 Å². The maximum atomic E-state index is 15.4. The van der Waals surface area contributed by atoms with Crippen molar-refractivity contribution in [2.75, 3.05) is 33.3 Å². The van der Waals surface area contributed by atoms with Crippen LogP contribution in [0.4, 0.5) is 4.39 Å². The van der Waals surface area contributed by atoms with Crippen molar-refractivity contribution in [3.63, 3.8) is 0 Å². The van der Waals surface area contributed by atoms with Crippen molar-refractivity contribution >= 4 is 57.1 Å². The Kier molecular flexibility index (Phi) is 9.23. The van der Waals surface area contributed by atoms with Crippen LogP contribution in [0.15, 0.2) is 18.2 Å². The Morgan fingerprint density at radius 2 is 1.98 bits per heavy atom. The minimum Gasteiger partial charge on any atom is -0.395 e. The van der Waals surface area contributed by atoms with Crippen molar-refractivity contribution in [1.29, 1.82) is 0 Å². The van der Waals surface area contributed by atoms with Crippen LogP contribution in [0, 0.1) is 12.7 Å². The van der Waals surface area contributed by atoms with Crippen LogP contribution in [0.2, 0.25) is 4.34 Å². The number of hydrogen-bond donors (Lipinski definition) is 2. The molecule has 4 heterocycles. The van der Waals surface area contributed by atoms with E-state index in [0.717, 1.165) is 30.8 Å². The summed E-state index contributed by atoms with van der Waals surface area (Å²) in [5.41, 5.74) is 0.843. The van der Waals surface area contributed by atoms with Crippen LogP contribution in [-0.2, 0) is 6.54 Å². The molecule has 5 rings (SSSR count). The van der Waals surface area contributed by atoms with Crippen LogP contribution in [0.1, 0.15) is 58.2 Å². The Hall–Kier alpha value is -2.97. The molecule has 1 aliphatic rings. The summed E-state index contributed by atoms with van der Waals surface area (Å²) in [5.74, 6) is -1.69. The maximum Gasteiger partial charge on any atom is 0.287 e. The highest BCUT2D eigenvalue weighted by molar-refractivity contribution is 7.23. The van der Waals surface area contributed by atoms with Gasteiger partial charge in [0.25, 0.3) is 11.8 Å². The van der Waals surface area contributed by atoms with E-state index < -0.39 is 17.6 Å². The number of aromatic nitrogens is 4. The average Bonchev–Trinajstić information content (AvgIpc) is 3.68. The normalized spacial score (nSPS) is 14.7. The highest BCUT2D eigenvalue weighted by atomic mass is 35.5. The molecule has 0 bridgehead atoms. The fourth-order valence-electron chi connectivity index (χ4n) is 5.24. The number of aryl methyl sites for hydroxylation is 1. The summed E-state index contributed by atoms with van der Waals surface area (Å²) >= 11 is 8.87. The average molecular weight is 634 g/mol. The number of fused-ring (bicyclic) bond motifs is 1. The molecule has 0 aliphatic carbocycles. The van der Waals surface area contributed by atoms with Crippen LogP contribution in [0.25, 0.3) is 20.9 Å². The molecule has 0 unspecified atom stereocenters. The third-order valence-electron chi connectivity index (χ3n) is 7.50. The van der Waals surface area contributed by atoms with E-state index in [2.05, 4.69) is 39.2 Å². The van der Waals surface area contributed by atoms with Gasteiger partial charge in [-0.3, -0.25) is 9.59 Å². The number of rotatable bonds is 9. The van der Waals surface area contributed by atoms with Crippen molar-refractivity contribution in [2.45, 2.75) is 52.2 Å². The summed E-state index contributed by atoms with van der Waals surface area (Å²) in [5, 5.41) is 22.4. The molecule has 0 atom stereocenters. The van der Waals surface area contributed by atoms with Gasteiger partial charge in [-0.25, -0.2) is 9.37 Å². The number of thiophene rings is 1. The molecule has 1 saturated heterocycles. The number of carbonyl (C=O) groups is 2. The molecule has 3 aromatic heterocycles. The fourth-order valence-corrected chi connectivity index (χ4v) is 7.16. The van der Waals surface area contributed by atoms with Gasteiger partial charge in [0.2, 0.25) is 0 Å². The molecule has 0 radical (unpaired) electrons. The predicted molar refractivity (Wildman–Crippen MR) is 163 cm³/mol. The van der Waals surface area contributed by atoms with Gasteiger partial charge in [-0.2, -0.15) is 0 Å². The number of halogens is 2. The van der Waals surface area contributed by atoms with E-state index in [1.165, 1.54) is 40.7 Å². The minimum absolute atomic E-state index is 0.0249. The molecule has 14 heteroatoms. The van der Waals surface area contributed by atoms with Gasteiger partial charge in [-0.05, 0) is 57.4 Å². The Morgan fingerprint density at radius 3 is 2.62 bits per heavy atom. The number of aliphatic hydroxyl groups excluding tert-OH is 1. The van der Waals surface area contributed by atoms with E-state index in [0.29, 0.717) is 31.5 Å². The van der Waals surface area contributed by atoms with Gasteiger partial charge in [0.15, 0.2) is 10.8 Å². The van der Waals surface area contributed by atoms with Crippen molar-refractivity contribution in [3.8, 4) is 9.88 Å². The molecule has 4 aromatic rings. The SMILES string of the molecule is Cc1cc(F)c(C(=O)N(C)CCO)c2nc(C(=O)NC3CCN(C(C)C)CC3)n(Cc3nnc(-c4ccc(Cl)s4)s3)c12. The number of amides is 2. The molecule has 2 amide bonds. The lowest BCUT2D eigenvalue weighted by atomic mass is 10.0. The number of likely N-dealkylation sites (tertiary alicyclic amines) is 1. The van der Waals surface area contributed by atoms with Crippen LogP contribution >= 0.6 is 34.3 Å². The monoisotopic (exact) mass is 633 g/mol. The first-order valence-corrected chi connectivity index (χ1v) is 15.8. The largest absolute Gasteiger partial charge is 0.395 e. The highest BCUT2D eigenvalue weighted by Crippen LogP contribution is 2.34. The lowest BCUT2D eigenvalue weighted by Gasteiger charge is -2.34. The first kappa shape index (κ1) is 30.5. The Labute approximate surface area is 256 Å². The second-order valence-corrected chi connectivity index (χ2v) is 13.5. The zero-order chi connectivity index (χ0) is 30.1. The number of likely N-dealkylation sites (N-methyl/N-ethyl adjacent to an activating group) is 1. The third-order valence-corrected chi connectivity index (χ3v) is 9.81. The highest BCUT2D eigenvalue weighted by Gasteiger charge is 2.30. The quantitative estimate of drug-likeness (QED) is 0.280.